The van der Waals surface area contributed by atoms with Crippen LogP contribution in [0.3, 0.4) is 0 Å². The van der Waals surface area contributed by atoms with Crippen molar-refractivity contribution in [2.24, 2.45) is 10.8 Å². The average molecular weight is 168 g/mol. The molecule has 0 aromatic rings. The largest absolute Gasteiger partial charge is 0.299 e. The molecule has 0 spiro atoms. The molecule has 0 unspecified atom stereocenters. The molecular weight excluding hydrogens is 148 g/mol. The van der Waals surface area contributed by atoms with Gasteiger partial charge in [0.05, 0.1) is 0 Å². The first-order valence-corrected chi connectivity index (χ1v) is 4.87. The third-order valence-corrected chi connectivity index (χ3v) is 2.90. The summed E-state index contributed by atoms with van der Waals surface area (Å²) in [6, 6.07) is 0. The maximum absolute atomic E-state index is 11.5. The predicted molar refractivity (Wildman–Crippen MR) is 51.0 cm³/mol. The molecule has 1 heteroatoms. The molecule has 1 fully saturated rings. The molecule has 0 aromatic carbocycles. The molecule has 0 radical (unpaired) electrons. The van der Waals surface area contributed by atoms with Crippen molar-refractivity contribution in [1.82, 2.24) is 0 Å². The first-order valence-electron chi connectivity index (χ1n) is 4.87. The van der Waals surface area contributed by atoms with E-state index in [1.165, 1.54) is 12.8 Å². The lowest BCUT2D eigenvalue weighted by Crippen LogP contribution is -2.20. The van der Waals surface area contributed by atoms with E-state index in [1.807, 2.05) is 20.8 Å². The highest BCUT2D eigenvalue weighted by atomic mass is 16.1. The molecule has 1 aliphatic rings. The Morgan fingerprint density at radius 2 is 1.83 bits per heavy atom. The number of Topliss-reactive ketones (excluding diaryl/α,β-unsaturated/α-hetero) is 1. The Labute approximate surface area is 75.5 Å². The van der Waals surface area contributed by atoms with Gasteiger partial charge in [0, 0.05) is 11.8 Å². The van der Waals surface area contributed by atoms with Crippen LogP contribution in [0.5, 0.6) is 0 Å². The zero-order valence-electron chi connectivity index (χ0n) is 8.74. The maximum atomic E-state index is 11.5. The summed E-state index contributed by atoms with van der Waals surface area (Å²) in [6.45, 7) is 8.29. The van der Waals surface area contributed by atoms with E-state index in [0.717, 1.165) is 12.8 Å². The Kier molecular flexibility index (Phi) is 2.33. The van der Waals surface area contributed by atoms with Gasteiger partial charge in [-0.05, 0) is 24.7 Å². The number of carbonyl (C=O) groups is 1. The van der Waals surface area contributed by atoms with Crippen LogP contribution >= 0.6 is 0 Å². The van der Waals surface area contributed by atoms with Gasteiger partial charge in [0.1, 0.15) is 5.78 Å². The Hall–Kier alpha value is -0.330. The van der Waals surface area contributed by atoms with Crippen LogP contribution in [0.15, 0.2) is 0 Å². The summed E-state index contributed by atoms with van der Waals surface area (Å²) in [5.41, 5.74) is 0.395. The van der Waals surface area contributed by atoms with Crippen molar-refractivity contribution in [2.75, 3.05) is 0 Å². The fourth-order valence-electron chi connectivity index (χ4n) is 1.25. The maximum Gasteiger partial charge on any atom is 0.138 e. The van der Waals surface area contributed by atoms with E-state index >= 15 is 0 Å². The van der Waals surface area contributed by atoms with E-state index in [2.05, 4.69) is 6.92 Å². The van der Waals surface area contributed by atoms with Crippen LogP contribution in [0, 0.1) is 10.8 Å². The smallest absolute Gasteiger partial charge is 0.138 e. The number of hydrogen-bond donors (Lipinski definition) is 0. The van der Waals surface area contributed by atoms with Gasteiger partial charge in [0.2, 0.25) is 0 Å². The highest BCUT2D eigenvalue weighted by molar-refractivity contribution is 5.83. The fraction of sp³-hybridized carbons (Fsp3) is 0.909. The predicted octanol–water partition coefficient (Wildman–Crippen LogP) is 3.18. The first-order chi connectivity index (χ1) is 5.33. The summed E-state index contributed by atoms with van der Waals surface area (Å²) < 4.78 is 0. The second-order valence-corrected chi connectivity index (χ2v) is 5.48. The van der Waals surface area contributed by atoms with E-state index < -0.39 is 0 Å². The van der Waals surface area contributed by atoms with Crippen LogP contribution in [-0.4, -0.2) is 5.78 Å². The molecule has 0 bridgehead atoms. The zero-order valence-corrected chi connectivity index (χ0v) is 8.74. The highest BCUT2D eigenvalue weighted by Crippen LogP contribution is 2.49. The van der Waals surface area contributed by atoms with Gasteiger partial charge in [0.25, 0.3) is 0 Å². The molecule has 12 heavy (non-hydrogen) atoms. The van der Waals surface area contributed by atoms with E-state index in [9.17, 15) is 4.79 Å². The number of carbonyl (C=O) groups excluding carboxylic acids is 1. The van der Waals surface area contributed by atoms with Gasteiger partial charge < -0.3 is 0 Å². The minimum absolute atomic E-state index is 0.134. The summed E-state index contributed by atoms with van der Waals surface area (Å²) >= 11 is 0. The van der Waals surface area contributed by atoms with Crippen molar-refractivity contribution < 1.29 is 4.79 Å². The lowest BCUT2D eigenvalue weighted by atomic mass is 9.86. The molecule has 0 atom stereocenters. The minimum Gasteiger partial charge on any atom is -0.299 e. The Balaban J connectivity index is 2.28. The van der Waals surface area contributed by atoms with Gasteiger partial charge in [-0.15, -0.1) is 0 Å². The van der Waals surface area contributed by atoms with Crippen LogP contribution in [0.4, 0.5) is 0 Å². The molecular formula is C11H20O. The third kappa shape index (κ3) is 2.62. The Morgan fingerprint density at radius 3 is 2.17 bits per heavy atom. The van der Waals surface area contributed by atoms with Crippen molar-refractivity contribution in [1.29, 1.82) is 0 Å². The molecule has 0 heterocycles. The van der Waals surface area contributed by atoms with Gasteiger partial charge >= 0.3 is 0 Å². The molecule has 1 saturated carbocycles. The van der Waals surface area contributed by atoms with Crippen LogP contribution in [0.25, 0.3) is 0 Å². The lowest BCUT2D eigenvalue weighted by Gasteiger charge is -2.17. The standard InChI is InChI=1S/C11H20O/c1-10(2,3)9(12)5-6-11(4)7-8-11/h5-8H2,1-4H3. The minimum atomic E-state index is -0.134. The quantitative estimate of drug-likeness (QED) is 0.632. The summed E-state index contributed by atoms with van der Waals surface area (Å²) in [7, 11) is 0. The molecule has 70 valence electrons. The molecule has 0 aromatic heterocycles. The number of hydrogen-bond acceptors (Lipinski definition) is 1. The van der Waals surface area contributed by atoms with E-state index in [-0.39, 0.29) is 5.41 Å². The van der Waals surface area contributed by atoms with Gasteiger partial charge in [-0.25, -0.2) is 0 Å². The molecule has 1 aliphatic carbocycles. The number of ketones is 1. The zero-order chi connectivity index (χ0) is 9.41. The van der Waals surface area contributed by atoms with Crippen molar-refractivity contribution in [3.05, 3.63) is 0 Å². The summed E-state index contributed by atoms with van der Waals surface area (Å²) in [5, 5.41) is 0. The molecule has 1 nitrogen and oxygen atoms in total. The monoisotopic (exact) mass is 168 g/mol. The average Bonchev–Trinajstić information content (AvgIpc) is 2.62. The van der Waals surface area contributed by atoms with Gasteiger partial charge in [-0.2, -0.15) is 0 Å². The highest BCUT2D eigenvalue weighted by Gasteiger charge is 2.37. The molecule has 0 amide bonds. The van der Waals surface area contributed by atoms with E-state index in [4.69, 9.17) is 0 Å². The van der Waals surface area contributed by atoms with Crippen LogP contribution in [-0.2, 0) is 4.79 Å². The summed E-state index contributed by atoms with van der Waals surface area (Å²) in [6.07, 6.45) is 4.53. The van der Waals surface area contributed by atoms with Gasteiger partial charge in [-0.3, -0.25) is 4.79 Å². The van der Waals surface area contributed by atoms with Crippen molar-refractivity contribution in [3.8, 4) is 0 Å². The topological polar surface area (TPSA) is 17.1 Å². The molecule has 1 rings (SSSR count). The normalized spacial score (nSPS) is 20.7. The summed E-state index contributed by atoms with van der Waals surface area (Å²) in [4.78, 5) is 11.5. The van der Waals surface area contributed by atoms with Crippen LogP contribution in [0.1, 0.15) is 53.4 Å². The van der Waals surface area contributed by atoms with Gasteiger partial charge in [-0.1, -0.05) is 27.7 Å². The SMILES string of the molecule is CC1(CCC(=O)C(C)(C)C)CC1. The number of rotatable bonds is 3. The van der Waals surface area contributed by atoms with Crippen molar-refractivity contribution in [3.63, 3.8) is 0 Å². The molecule has 0 aliphatic heterocycles. The lowest BCUT2D eigenvalue weighted by molar-refractivity contribution is -0.126. The van der Waals surface area contributed by atoms with Crippen LogP contribution in [0.2, 0.25) is 0 Å². The fourth-order valence-corrected chi connectivity index (χ4v) is 1.25. The van der Waals surface area contributed by atoms with Crippen molar-refractivity contribution >= 4 is 5.78 Å². The Morgan fingerprint density at radius 1 is 1.33 bits per heavy atom. The summed E-state index contributed by atoms with van der Waals surface area (Å²) in [5.74, 6) is 0.413. The first kappa shape index (κ1) is 9.76. The molecule has 0 N–H and O–H groups in total. The van der Waals surface area contributed by atoms with Crippen molar-refractivity contribution in [2.45, 2.75) is 53.4 Å². The second kappa shape index (κ2) is 2.86. The van der Waals surface area contributed by atoms with E-state index in [1.54, 1.807) is 0 Å². The van der Waals surface area contributed by atoms with Crippen LogP contribution < -0.4 is 0 Å². The Bertz CT molecular complexity index is 182. The van der Waals surface area contributed by atoms with E-state index in [0.29, 0.717) is 11.2 Å². The third-order valence-electron chi connectivity index (χ3n) is 2.90. The second-order valence-electron chi connectivity index (χ2n) is 5.48. The molecule has 0 saturated heterocycles. The van der Waals surface area contributed by atoms with Gasteiger partial charge in [0.15, 0.2) is 0 Å².